The number of nitrogens with one attached hydrogen (secondary N) is 1. The summed E-state index contributed by atoms with van der Waals surface area (Å²) in [5.41, 5.74) is 1.30. The van der Waals surface area contributed by atoms with Crippen LogP contribution in [0.2, 0.25) is 5.02 Å². The molecule has 1 amide bonds. The van der Waals surface area contributed by atoms with E-state index in [1.807, 2.05) is 30.3 Å². The maximum Gasteiger partial charge on any atom is 0.303 e. The summed E-state index contributed by atoms with van der Waals surface area (Å²) >= 11 is 5.89. The molecule has 0 saturated heterocycles. The highest BCUT2D eigenvalue weighted by atomic mass is 35.5. The van der Waals surface area contributed by atoms with E-state index >= 15 is 0 Å². The largest absolute Gasteiger partial charge is 0.481 e. The normalized spacial score (nSPS) is 11.9. The van der Waals surface area contributed by atoms with Crippen LogP contribution in [0.4, 0.5) is 0 Å². The van der Waals surface area contributed by atoms with Gasteiger partial charge >= 0.3 is 5.97 Å². The van der Waals surface area contributed by atoms with Crippen LogP contribution in [0.15, 0.2) is 42.6 Å². The molecular formula is C16H17ClN2O3. The second-order valence-electron chi connectivity index (χ2n) is 5.02. The first-order valence-electron chi connectivity index (χ1n) is 6.87. The van der Waals surface area contributed by atoms with E-state index in [0.29, 0.717) is 17.1 Å². The number of aliphatic carboxylic acids is 1. The second kappa shape index (κ2) is 7.13. The van der Waals surface area contributed by atoms with Crippen LogP contribution in [-0.4, -0.2) is 21.6 Å². The molecule has 2 N–H and O–H groups in total. The van der Waals surface area contributed by atoms with Gasteiger partial charge in [-0.3, -0.25) is 9.59 Å². The molecule has 1 aromatic carbocycles. The van der Waals surface area contributed by atoms with Crippen LogP contribution in [0.3, 0.4) is 0 Å². The molecule has 1 atom stereocenters. The van der Waals surface area contributed by atoms with Crippen molar-refractivity contribution < 1.29 is 14.7 Å². The number of carbonyl (C=O) groups excluding carboxylic acids is 1. The number of hydrogen-bond donors (Lipinski definition) is 2. The van der Waals surface area contributed by atoms with E-state index in [2.05, 4.69) is 5.32 Å². The lowest BCUT2D eigenvalue weighted by molar-refractivity contribution is -0.137. The molecular weight excluding hydrogens is 304 g/mol. The summed E-state index contributed by atoms with van der Waals surface area (Å²) in [5.74, 6) is -1.18. The third-order valence-corrected chi connectivity index (χ3v) is 3.57. The molecule has 22 heavy (non-hydrogen) atoms. The Hall–Kier alpha value is -2.27. The predicted octanol–water partition coefficient (Wildman–Crippen LogP) is 3.01. The quantitative estimate of drug-likeness (QED) is 0.859. The van der Waals surface area contributed by atoms with Gasteiger partial charge in [-0.15, -0.1) is 0 Å². The van der Waals surface area contributed by atoms with Crippen LogP contribution in [0.5, 0.6) is 0 Å². The minimum absolute atomic E-state index is 0.0201. The fourth-order valence-electron chi connectivity index (χ4n) is 2.26. The molecule has 1 unspecified atom stereocenters. The molecule has 2 rings (SSSR count). The Bertz CT molecular complexity index is 667. The molecule has 0 bridgehead atoms. The van der Waals surface area contributed by atoms with Crippen LogP contribution < -0.4 is 5.32 Å². The van der Waals surface area contributed by atoms with Gasteiger partial charge < -0.3 is 15.0 Å². The van der Waals surface area contributed by atoms with Gasteiger partial charge in [-0.1, -0.05) is 41.9 Å². The smallest absolute Gasteiger partial charge is 0.303 e. The van der Waals surface area contributed by atoms with E-state index in [1.54, 1.807) is 23.9 Å². The number of rotatable bonds is 6. The van der Waals surface area contributed by atoms with Gasteiger partial charge in [0.05, 0.1) is 11.1 Å². The molecule has 2 aromatic rings. The zero-order valence-electron chi connectivity index (χ0n) is 12.1. The summed E-state index contributed by atoms with van der Waals surface area (Å²) in [4.78, 5) is 23.2. The third-order valence-electron chi connectivity index (χ3n) is 3.36. The van der Waals surface area contributed by atoms with Crippen molar-refractivity contribution >= 4 is 23.5 Å². The van der Waals surface area contributed by atoms with E-state index < -0.39 is 5.97 Å². The lowest BCUT2D eigenvalue weighted by Gasteiger charge is -2.18. The van der Waals surface area contributed by atoms with E-state index in [1.165, 1.54) is 0 Å². The molecule has 5 nitrogen and oxygen atoms in total. The monoisotopic (exact) mass is 320 g/mol. The maximum absolute atomic E-state index is 12.4. The Morgan fingerprint density at radius 1 is 1.32 bits per heavy atom. The van der Waals surface area contributed by atoms with E-state index in [0.717, 1.165) is 5.56 Å². The molecule has 0 spiro atoms. The Morgan fingerprint density at radius 3 is 2.55 bits per heavy atom. The van der Waals surface area contributed by atoms with Crippen molar-refractivity contribution in [1.82, 2.24) is 9.88 Å². The highest BCUT2D eigenvalue weighted by Crippen LogP contribution is 2.20. The van der Waals surface area contributed by atoms with Crippen LogP contribution in [0.1, 0.15) is 34.9 Å². The summed E-state index contributed by atoms with van der Waals surface area (Å²) in [5, 5.41) is 12.2. The fourth-order valence-corrected chi connectivity index (χ4v) is 2.51. The number of nitrogens with zero attached hydrogens (tertiary/aromatic N) is 1. The molecule has 116 valence electrons. The number of carboxylic acids is 1. The predicted molar refractivity (Wildman–Crippen MR) is 83.9 cm³/mol. The van der Waals surface area contributed by atoms with Crippen LogP contribution in [-0.2, 0) is 11.8 Å². The van der Waals surface area contributed by atoms with Crippen molar-refractivity contribution in [3.05, 3.63) is 58.9 Å². The summed E-state index contributed by atoms with van der Waals surface area (Å²) in [6, 6.07) is 10.5. The molecule has 0 aliphatic rings. The van der Waals surface area contributed by atoms with Gasteiger partial charge in [-0.25, -0.2) is 0 Å². The first-order chi connectivity index (χ1) is 10.5. The van der Waals surface area contributed by atoms with Crippen LogP contribution >= 0.6 is 11.6 Å². The van der Waals surface area contributed by atoms with Gasteiger partial charge in [0.1, 0.15) is 5.69 Å². The van der Waals surface area contributed by atoms with E-state index in [4.69, 9.17) is 16.7 Å². The van der Waals surface area contributed by atoms with Gasteiger partial charge in [0, 0.05) is 19.7 Å². The van der Waals surface area contributed by atoms with Gasteiger partial charge in [0.25, 0.3) is 5.91 Å². The maximum atomic E-state index is 12.4. The van der Waals surface area contributed by atoms with Crippen molar-refractivity contribution in [3.63, 3.8) is 0 Å². The Kier molecular flexibility index (Phi) is 5.22. The van der Waals surface area contributed by atoms with Crippen LogP contribution in [0.25, 0.3) is 0 Å². The zero-order valence-corrected chi connectivity index (χ0v) is 12.9. The Morgan fingerprint density at radius 2 is 2.00 bits per heavy atom. The molecule has 0 saturated carbocycles. The second-order valence-corrected chi connectivity index (χ2v) is 5.46. The number of hydrogen-bond acceptors (Lipinski definition) is 2. The first-order valence-corrected chi connectivity index (χ1v) is 7.24. The standard InChI is InChI=1S/C16H17ClN2O3/c1-19-10-12(17)9-14(19)16(22)18-13(7-8-15(20)21)11-5-3-2-4-6-11/h2-6,9-10,13H,7-8H2,1H3,(H,18,22)(H,20,21). The topological polar surface area (TPSA) is 71.3 Å². The highest BCUT2D eigenvalue weighted by Gasteiger charge is 2.19. The van der Waals surface area contributed by atoms with Crippen LogP contribution in [0, 0.1) is 0 Å². The Balaban J connectivity index is 2.17. The van der Waals surface area contributed by atoms with Crippen molar-refractivity contribution in [3.8, 4) is 0 Å². The number of carbonyl (C=O) groups is 2. The molecule has 6 heteroatoms. The van der Waals surface area contributed by atoms with Crippen molar-refractivity contribution in [2.24, 2.45) is 7.05 Å². The number of carboxylic acid groups (broad SMARTS) is 1. The molecule has 0 aliphatic heterocycles. The third kappa shape index (κ3) is 4.11. The average Bonchev–Trinajstić information content (AvgIpc) is 2.83. The summed E-state index contributed by atoms with van der Waals surface area (Å²) in [6.07, 6.45) is 1.95. The molecule has 1 aromatic heterocycles. The summed E-state index contributed by atoms with van der Waals surface area (Å²) in [6.45, 7) is 0. The number of benzene rings is 1. The number of halogens is 1. The Labute approximate surface area is 133 Å². The minimum Gasteiger partial charge on any atom is -0.481 e. The van der Waals surface area contributed by atoms with Gasteiger partial charge in [0.15, 0.2) is 0 Å². The van der Waals surface area contributed by atoms with Crippen molar-refractivity contribution in [2.45, 2.75) is 18.9 Å². The molecule has 0 aliphatic carbocycles. The number of amides is 1. The average molecular weight is 321 g/mol. The van der Waals surface area contributed by atoms with Gasteiger partial charge in [0.2, 0.25) is 0 Å². The highest BCUT2D eigenvalue weighted by molar-refractivity contribution is 6.31. The first kappa shape index (κ1) is 16.1. The number of aryl methyl sites for hydroxylation is 1. The van der Waals surface area contributed by atoms with E-state index in [-0.39, 0.29) is 18.4 Å². The summed E-state index contributed by atoms with van der Waals surface area (Å²) in [7, 11) is 1.73. The van der Waals surface area contributed by atoms with Gasteiger partial charge in [-0.2, -0.15) is 0 Å². The molecule has 0 radical (unpaired) electrons. The zero-order chi connectivity index (χ0) is 16.1. The minimum atomic E-state index is -0.892. The summed E-state index contributed by atoms with van der Waals surface area (Å²) < 4.78 is 1.64. The van der Waals surface area contributed by atoms with Crippen molar-refractivity contribution in [2.75, 3.05) is 0 Å². The SMILES string of the molecule is Cn1cc(Cl)cc1C(=O)NC(CCC(=O)O)c1ccccc1. The lowest BCUT2D eigenvalue weighted by atomic mass is 10.0. The van der Waals surface area contributed by atoms with Crippen molar-refractivity contribution in [1.29, 1.82) is 0 Å². The lowest BCUT2D eigenvalue weighted by Crippen LogP contribution is -2.30. The molecule has 1 heterocycles. The fraction of sp³-hybridized carbons (Fsp3) is 0.250. The van der Waals surface area contributed by atoms with E-state index in [9.17, 15) is 9.59 Å². The molecule has 0 fully saturated rings. The number of aromatic nitrogens is 1. The van der Waals surface area contributed by atoms with Gasteiger partial charge in [-0.05, 0) is 18.1 Å².